The quantitative estimate of drug-likeness (QED) is 0.779. The first-order chi connectivity index (χ1) is 11.6. The molecule has 24 heavy (non-hydrogen) atoms. The Balaban J connectivity index is 1.60. The summed E-state index contributed by atoms with van der Waals surface area (Å²) in [4.78, 5) is 16.1. The fraction of sp³-hybridized carbons (Fsp3) is 0.167. The van der Waals surface area contributed by atoms with Gasteiger partial charge in [0.2, 0.25) is 0 Å². The lowest BCUT2D eigenvalue weighted by atomic mass is 10.2. The Morgan fingerprint density at radius 2 is 1.96 bits per heavy atom. The standard InChI is InChI=1S/C18H17N3O3/c1-12-6-8-15(9-7-12)20-17(22)11-23-16-5-3-4-14(10-16)18-19-13(2)21-24-18/h3-10H,11H2,1-2H3,(H,20,22). The zero-order chi connectivity index (χ0) is 16.9. The van der Waals surface area contributed by atoms with Gasteiger partial charge in [0.15, 0.2) is 12.4 Å². The molecular formula is C18H17N3O3. The summed E-state index contributed by atoms with van der Waals surface area (Å²) < 4.78 is 10.7. The summed E-state index contributed by atoms with van der Waals surface area (Å²) in [5.74, 6) is 1.32. The average molecular weight is 323 g/mol. The highest BCUT2D eigenvalue weighted by Crippen LogP contribution is 2.22. The molecule has 0 radical (unpaired) electrons. The van der Waals surface area contributed by atoms with Crippen molar-refractivity contribution < 1.29 is 14.1 Å². The zero-order valence-corrected chi connectivity index (χ0v) is 13.4. The second-order valence-corrected chi connectivity index (χ2v) is 5.38. The SMILES string of the molecule is Cc1ccc(NC(=O)COc2cccc(-c3nc(C)no3)c2)cc1. The number of benzene rings is 2. The fourth-order valence-electron chi connectivity index (χ4n) is 2.12. The number of aromatic nitrogens is 2. The molecule has 6 heteroatoms. The number of amides is 1. The van der Waals surface area contributed by atoms with E-state index in [-0.39, 0.29) is 12.5 Å². The minimum Gasteiger partial charge on any atom is -0.484 e. The Bertz CT molecular complexity index is 841. The van der Waals surface area contributed by atoms with E-state index in [1.165, 1.54) is 0 Å². The van der Waals surface area contributed by atoms with Crippen LogP contribution in [-0.2, 0) is 4.79 Å². The monoisotopic (exact) mass is 323 g/mol. The van der Waals surface area contributed by atoms with Crippen LogP contribution in [0.5, 0.6) is 5.75 Å². The van der Waals surface area contributed by atoms with Crippen molar-refractivity contribution in [3.8, 4) is 17.2 Å². The van der Waals surface area contributed by atoms with Crippen LogP contribution in [0, 0.1) is 13.8 Å². The van der Waals surface area contributed by atoms with E-state index >= 15 is 0 Å². The normalized spacial score (nSPS) is 10.4. The lowest BCUT2D eigenvalue weighted by molar-refractivity contribution is -0.118. The third kappa shape index (κ3) is 3.98. The maximum Gasteiger partial charge on any atom is 0.262 e. The molecule has 0 bridgehead atoms. The molecule has 1 aromatic heterocycles. The summed E-state index contributed by atoms with van der Waals surface area (Å²) in [5.41, 5.74) is 2.62. The molecule has 0 spiro atoms. The number of nitrogens with zero attached hydrogens (tertiary/aromatic N) is 2. The van der Waals surface area contributed by atoms with E-state index in [4.69, 9.17) is 9.26 Å². The highest BCUT2D eigenvalue weighted by atomic mass is 16.5. The maximum absolute atomic E-state index is 12.0. The summed E-state index contributed by atoms with van der Waals surface area (Å²) in [6.45, 7) is 3.66. The summed E-state index contributed by atoms with van der Waals surface area (Å²) >= 11 is 0. The number of carbonyl (C=O) groups is 1. The third-order valence-electron chi connectivity index (χ3n) is 3.31. The molecule has 1 heterocycles. The van der Waals surface area contributed by atoms with Gasteiger partial charge in [-0.15, -0.1) is 0 Å². The number of hydrogen-bond donors (Lipinski definition) is 1. The van der Waals surface area contributed by atoms with Gasteiger partial charge < -0.3 is 14.6 Å². The van der Waals surface area contributed by atoms with Gasteiger partial charge in [-0.05, 0) is 44.2 Å². The average Bonchev–Trinajstić information content (AvgIpc) is 3.02. The molecule has 3 aromatic rings. The highest BCUT2D eigenvalue weighted by molar-refractivity contribution is 5.91. The van der Waals surface area contributed by atoms with Gasteiger partial charge in [0.25, 0.3) is 11.8 Å². The van der Waals surface area contributed by atoms with Crippen LogP contribution in [0.25, 0.3) is 11.5 Å². The van der Waals surface area contributed by atoms with Crippen LogP contribution in [0.3, 0.4) is 0 Å². The number of ether oxygens (including phenoxy) is 1. The van der Waals surface area contributed by atoms with Gasteiger partial charge in [0, 0.05) is 11.3 Å². The van der Waals surface area contributed by atoms with Crippen molar-refractivity contribution in [2.24, 2.45) is 0 Å². The number of hydrogen-bond acceptors (Lipinski definition) is 5. The predicted molar refractivity (Wildman–Crippen MR) is 89.8 cm³/mol. The first kappa shape index (κ1) is 15.7. The van der Waals surface area contributed by atoms with E-state index in [2.05, 4.69) is 15.5 Å². The van der Waals surface area contributed by atoms with Crippen LogP contribution in [0.15, 0.2) is 53.1 Å². The minimum atomic E-state index is -0.224. The van der Waals surface area contributed by atoms with E-state index in [1.54, 1.807) is 19.1 Å². The molecule has 0 saturated carbocycles. The summed E-state index contributed by atoms with van der Waals surface area (Å²) in [6, 6.07) is 14.8. The summed E-state index contributed by atoms with van der Waals surface area (Å²) in [5, 5.41) is 6.54. The number of anilines is 1. The van der Waals surface area contributed by atoms with Crippen molar-refractivity contribution in [3.05, 3.63) is 59.9 Å². The lowest BCUT2D eigenvalue weighted by Gasteiger charge is -2.08. The Morgan fingerprint density at radius 3 is 2.67 bits per heavy atom. The molecular weight excluding hydrogens is 306 g/mol. The predicted octanol–water partition coefficient (Wildman–Crippen LogP) is 3.37. The van der Waals surface area contributed by atoms with Crippen molar-refractivity contribution >= 4 is 11.6 Å². The van der Waals surface area contributed by atoms with E-state index in [9.17, 15) is 4.79 Å². The van der Waals surface area contributed by atoms with Gasteiger partial charge in [0.05, 0.1) is 0 Å². The van der Waals surface area contributed by atoms with E-state index in [1.807, 2.05) is 43.3 Å². The molecule has 122 valence electrons. The van der Waals surface area contributed by atoms with Crippen molar-refractivity contribution in [1.29, 1.82) is 0 Å². The lowest BCUT2D eigenvalue weighted by Crippen LogP contribution is -2.20. The topological polar surface area (TPSA) is 77.2 Å². The number of nitrogens with one attached hydrogen (secondary N) is 1. The smallest absolute Gasteiger partial charge is 0.262 e. The minimum absolute atomic E-state index is 0.0831. The Labute approximate surface area is 139 Å². The zero-order valence-electron chi connectivity index (χ0n) is 13.4. The number of rotatable bonds is 5. The third-order valence-corrected chi connectivity index (χ3v) is 3.31. The van der Waals surface area contributed by atoms with Crippen LogP contribution in [-0.4, -0.2) is 22.7 Å². The Kier molecular flexibility index (Phi) is 4.56. The van der Waals surface area contributed by atoms with E-state index in [0.29, 0.717) is 17.5 Å². The molecule has 1 N–H and O–H groups in total. The van der Waals surface area contributed by atoms with Gasteiger partial charge >= 0.3 is 0 Å². The highest BCUT2D eigenvalue weighted by Gasteiger charge is 2.08. The molecule has 6 nitrogen and oxygen atoms in total. The van der Waals surface area contributed by atoms with Crippen LogP contribution in [0.2, 0.25) is 0 Å². The van der Waals surface area contributed by atoms with Crippen LogP contribution >= 0.6 is 0 Å². The van der Waals surface area contributed by atoms with Gasteiger partial charge in [-0.3, -0.25) is 4.79 Å². The summed E-state index contributed by atoms with van der Waals surface area (Å²) in [6.07, 6.45) is 0. The van der Waals surface area contributed by atoms with Crippen molar-refractivity contribution in [2.75, 3.05) is 11.9 Å². The summed E-state index contributed by atoms with van der Waals surface area (Å²) in [7, 11) is 0. The van der Waals surface area contributed by atoms with Gasteiger partial charge in [-0.1, -0.05) is 28.9 Å². The molecule has 0 aliphatic rings. The second kappa shape index (κ2) is 6.95. The van der Waals surface area contributed by atoms with Gasteiger partial charge in [-0.25, -0.2) is 0 Å². The Hall–Kier alpha value is -3.15. The number of carbonyl (C=O) groups excluding carboxylic acids is 1. The van der Waals surface area contributed by atoms with Crippen LogP contribution in [0.1, 0.15) is 11.4 Å². The van der Waals surface area contributed by atoms with E-state index in [0.717, 1.165) is 16.8 Å². The van der Waals surface area contributed by atoms with Crippen molar-refractivity contribution in [3.63, 3.8) is 0 Å². The molecule has 0 aliphatic heterocycles. The largest absolute Gasteiger partial charge is 0.484 e. The molecule has 0 atom stereocenters. The molecule has 0 fully saturated rings. The van der Waals surface area contributed by atoms with Crippen LogP contribution in [0.4, 0.5) is 5.69 Å². The molecule has 1 amide bonds. The first-order valence-electron chi connectivity index (χ1n) is 7.50. The van der Waals surface area contributed by atoms with Gasteiger partial charge in [-0.2, -0.15) is 4.98 Å². The maximum atomic E-state index is 12.0. The Morgan fingerprint density at radius 1 is 1.17 bits per heavy atom. The molecule has 0 aliphatic carbocycles. The number of aryl methyl sites for hydroxylation is 2. The molecule has 0 saturated heterocycles. The fourth-order valence-corrected chi connectivity index (χ4v) is 2.12. The molecule has 3 rings (SSSR count). The van der Waals surface area contributed by atoms with Crippen molar-refractivity contribution in [2.45, 2.75) is 13.8 Å². The molecule has 0 unspecified atom stereocenters. The second-order valence-electron chi connectivity index (χ2n) is 5.38. The van der Waals surface area contributed by atoms with Gasteiger partial charge in [0.1, 0.15) is 5.75 Å². The van der Waals surface area contributed by atoms with Crippen LogP contribution < -0.4 is 10.1 Å². The molecule has 2 aromatic carbocycles. The first-order valence-corrected chi connectivity index (χ1v) is 7.50. The van der Waals surface area contributed by atoms with Crippen molar-refractivity contribution in [1.82, 2.24) is 10.1 Å². The van der Waals surface area contributed by atoms with E-state index < -0.39 is 0 Å².